The number of rotatable bonds is 3. The van der Waals surface area contributed by atoms with Crippen LogP contribution in [0.15, 0.2) is 0 Å². The molecule has 0 bridgehead atoms. The zero-order valence-corrected chi connectivity index (χ0v) is 12.7. The third kappa shape index (κ3) is 3.54. The van der Waals surface area contributed by atoms with Gasteiger partial charge in [-0.05, 0) is 25.7 Å². The van der Waals surface area contributed by atoms with Crippen LogP contribution in [-0.4, -0.2) is 40.1 Å². The number of hydrogen-bond donors (Lipinski definition) is 1. The number of β-amino-alcohol motifs (C(OH)–C–C–N with tert-alkyl or cyclic N) is 1. The molecule has 1 aliphatic rings. The number of aliphatic hydroxyl groups is 1. The monoisotopic (exact) mass is 282 g/mol. The second-order valence-electron chi connectivity index (χ2n) is 5.67. The molecule has 1 unspecified atom stereocenters. The van der Waals surface area contributed by atoms with Crippen LogP contribution in [0.25, 0.3) is 0 Å². The van der Waals surface area contributed by atoms with E-state index >= 15 is 0 Å². The number of likely N-dealkylation sites (tertiary alicyclic amines) is 1. The number of hydrogen-bond acceptors (Lipinski definition) is 4. The Hall–Kier alpha value is -0.940. The molecule has 106 valence electrons. The zero-order valence-electron chi connectivity index (χ0n) is 11.8. The molecule has 1 N–H and O–H groups in total. The van der Waals surface area contributed by atoms with Crippen molar-refractivity contribution in [1.29, 1.82) is 0 Å². The summed E-state index contributed by atoms with van der Waals surface area (Å²) >= 11 is 1.51. The quantitative estimate of drug-likeness (QED) is 0.925. The fourth-order valence-electron chi connectivity index (χ4n) is 2.37. The van der Waals surface area contributed by atoms with Gasteiger partial charge in [-0.2, -0.15) is 0 Å². The van der Waals surface area contributed by atoms with E-state index in [1.54, 1.807) is 4.90 Å². The molecule has 2 rings (SSSR count). The Morgan fingerprint density at radius 1 is 1.58 bits per heavy atom. The number of piperidine rings is 1. The summed E-state index contributed by atoms with van der Waals surface area (Å²) in [6.07, 6.45) is 2.22. The van der Waals surface area contributed by atoms with E-state index in [-0.39, 0.29) is 12.0 Å². The largest absolute Gasteiger partial charge is 0.391 e. The van der Waals surface area contributed by atoms with Gasteiger partial charge in [0.25, 0.3) is 5.91 Å². The van der Waals surface area contributed by atoms with Gasteiger partial charge in [0.15, 0.2) is 0 Å². The Bertz CT molecular complexity index is 456. The minimum absolute atomic E-state index is 0.0313. The highest BCUT2D eigenvalue weighted by atomic mass is 32.1. The molecular weight excluding hydrogens is 260 g/mol. The maximum Gasteiger partial charge on any atom is 0.265 e. The highest BCUT2D eigenvalue weighted by molar-refractivity contribution is 7.13. The first kappa shape index (κ1) is 14.5. The first-order valence-electron chi connectivity index (χ1n) is 6.91. The number of amides is 1. The predicted molar refractivity (Wildman–Crippen MR) is 76.5 cm³/mol. The maximum atomic E-state index is 12.5. The van der Waals surface area contributed by atoms with Crippen LogP contribution in [0.5, 0.6) is 0 Å². The third-order valence-corrected chi connectivity index (χ3v) is 4.47. The van der Waals surface area contributed by atoms with Gasteiger partial charge < -0.3 is 10.0 Å². The fourth-order valence-corrected chi connectivity index (χ4v) is 3.61. The number of aromatic nitrogens is 1. The molecule has 1 fully saturated rings. The number of nitrogens with zero attached hydrogens (tertiary/aromatic N) is 2. The molecule has 5 heteroatoms. The van der Waals surface area contributed by atoms with Gasteiger partial charge in [0.1, 0.15) is 4.88 Å². The molecular formula is C14H22N2O2S. The van der Waals surface area contributed by atoms with E-state index in [2.05, 4.69) is 18.8 Å². The number of thiazole rings is 1. The van der Waals surface area contributed by atoms with E-state index < -0.39 is 0 Å². The molecule has 1 aromatic rings. The first-order chi connectivity index (χ1) is 8.97. The average Bonchev–Trinajstić information content (AvgIpc) is 2.68. The van der Waals surface area contributed by atoms with Crippen molar-refractivity contribution in [2.24, 2.45) is 5.92 Å². The molecule has 1 atom stereocenters. The van der Waals surface area contributed by atoms with Gasteiger partial charge >= 0.3 is 0 Å². The minimum Gasteiger partial charge on any atom is -0.391 e. The van der Waals surface area contributed by atoms with Crippen LogP contribution in [0.4, 0.5) is 0 Å². The summed E-state index contributed by atoms with van der Waals surface area (Å²) in [5, 5.41) is 10.7. The normalized spacial score (nSPS) is 20.1. The smallest absolute Gasteiger partial charge is 0.265 e. The lowest BCUT2D eigenvalue weighted by molar-refractivity contribution is 0.0477. The average molecular weight is 282 g/mol. The van der Waals surface area contributed by atoms with Gasteiger partial charge in [-0.15, -0.1) is 11.3 Å². The molecule has 0 saturated carbocycles. The van der Waals surface area contributed by atoms with Gasteiger partial charge in [0.2, 0.25) is 0 Å². The number of carbonyl (C=O) groups is 1. The molecule has 1 aromatic heterocycles. The SMILES string of the molecule is Cc1nc(CC(C)C)sc1C(=O)N1CCCC(O)C1. The molecule has 4 nitrogen and oxygen atoms in total. The molecule has 19 heavy (non-hydrogen) atoms. The summed E-state index contributed by atoms with van der Waals surface area (Å²) < 4.78 is 0. The Balaban J connectivity index is 2.12. The number of aryl methyl sites for hydroxylation is 1. The van der Waals surface area contributed by atoms with Crippen LogP contribution in [0.1, 0.15) is 47.1 Å². The Morgan fingerprint density at radius 2 is 2.32 bits per heavy atom. The summed E-state index contributed by atoms with van der Waals surface area (Å²) in [6.45, 7) is 7.40. The Morgan fingerprint density at radius 3 is 2.95 bits per heavy atom. The number of aliphatic hydroxyl groups excluding tert-OH is 1. The van der Waals surface area contributed by atoms with Crippen LogP contribution < -0.4 is 0 Å². The lowest BCUT2D eigenvalue weighted by atomic mass is 10.1. The first-order valence-corrected chi connectivity index (χ1v) is 7.72. The summed E-state index contributed by atoms with van der Waals surface area (Å²) in [4.78, 5) is 19.4. The van der Waals surface area contributed by atoms with Gasteiger partial charge in [0, 0.05) is 19.5 Å². The summed E-state index contributed by atoms with van der Waals surface area (Å²) in [6, 6.07) is 0. The Labute approximate surface area is 118 Å². The van der Waals surface area contributed by atoms with Crippen LogP contribution >= 0.6 is 11.3 Å². The van der Waals surface area contributed by atoms with E-state index in [4.69, 9.17) is 0 Å². The molecule has 0 aliphatic carbocycles. The van der Waals surface area contributed by atoms with Crippen LogP contribution in [0, 0.1) is 12.8 Å². The van der Waals surface area contributed by atoms with Gasteiger partial charge in [-0.1, -0.05) is 13.8 Å². The topological polar surface area (TPSA) is 53.4 Å². The molecule has 0 aromatic carbocycles. The molecule has 2 heterocycles. The summed E-state index contributed by atoms with van der Waals surface area (Å²) in [7, 11) is 0. The van der Waals surface area contributed by atoms with Crippen LogP contribution in [0.3, 0.4) is 0 Å². The van der Waals surface area contributed by atoms with Crippen LogP contribution in [-0.2, 0) is 6.42 Å². The minimum atomic E-state index is -0.374. The van der Waals surface area contributed by atoms with E-state index in [0.29, 0.717) is 12.5 Å². The Kier molecular flexibility index (Phi) is 4.58. The van der Waals surface area contributed by atoms with Crippen molar-refractivity contribution in [2.75, 3.05) is 13.1 Å². The lowest BCUT2D eigenvalue weighted by Crippen LogP contribution is -2.42. The maximum absolute atomic E-state index is 12.5. The second kappa shape index (κ2) is 6.01. The zero-order chi connectivity index (χ0) is 14.0. The highest BCUT2D eigenvalue weighted by Crippen LogP contribution is 2.23. The molecule has 0 spiro atoms. The van der Waals surface area contributed by atoms with Crippen molar-refractivity contribution < 1.29 is 9.90 Å². The van der Waals surface area contributed by atoms with E-state index in [1.165, 1.54) is 11.3 Å². The lowest BCUT2D eigenvalue weighted by Gasteiger charge is -2.29. The van der Waals surface area contributed by atoms with Crippen molar-refractivity contribution in [1.82, 2.24) is 9.88 Å². The standard InChI is InChI=1S/C14H22N2O2S/c1-9(2)7-12-15-10(3)13(19-12)14(18)16-6-4-5-11(17)8-16/h9,11,17H,4-8H2,1-3H3. The van der Waals surface area contributed by atoms with E-state index in [1.807, 2.05) is 6.92 Å². The van der Waals surface area contributed by atoms with Crippen LogP contribution in [0.2, 0.25) is 0 Å². The van der Waals surface area contributed by atoms with Crippen molar-refractivity contribution in [3.8, 4) is 0 Å². The van der Waals surface area contributed by atoms with Crippen molar-refractivity contribution >= 4 is 17.2 Å². The fraction of sp³-hybridized carbons (Fsp3) is 0.714. The van der Waals surface area contributed by atoms with Gasteiger partial charge in [-0.25, -0.2) is 4.98 Å². The predicted octanol–water partition coefficient (Wildman–Crippen LogP) is 2.25. The third-order valence-electron chi connectivity index (χ3n) is 3.30. The molecule has 1 saturated heterocycles. The van der Waals surface area contributed by atoms with E-state index in [0.717, 1.165) is 41.4 Å². The van der Waals surface area contributed by atoms with Crippen molar-refractivity contribution in [2.45, 2.75) is 46.1 Å². The summed E-state index contributed by atoms with van der Waals surface area (Å²) in [5.41, 5.74) is 0.825. The molecule has 1 aliphatic heterocycles. The number of carbonyl (C=O) groups excluding carboxylic acids is 1. The molecule has 1 amide bonds. The van der Waals surface area contributed by atoms with E-state index in [9.17, 15) is 9.90 Å². The second-order valence-corrected chi connectivity index (χ2v) is 6.75. The van der Waals surface area contributed by atoms with Gasteiger partial charge in [-0.3, -0.25) is 4.79 Å². The summed E-state index contributed by atoms with van der Waals surface area (Å²) in [5.74, 6) is 0.578. The van der Waals surface area contributed by atoms with Gasteiger partial charge in [0.05, 0.1) is 16.8 Å². The van der Waals surface area contributed by atoms with Crippen molar-refractivity contribution in [3.63, 3.8) is 0 Å². The molecule has 0 radical (unpaired) electrons. The van der Waals surface area contributed by atoms with Crippen molar-refractivity contribution in [3.05, 3.63) is 15.6 Å². The highest BCUT2D eigenvalue weighted by Gasteiger charge is 2.26.